The van der Waals surface area contributed by atoms with Crippen LogP contribution in [-0.2, 0) is 10.8 Å². The highest BCUT2D eigenvalue weighted by molar-refractivity contribution is 5.90. The zero-order valence-corrected chi connectivity index (χ0v) is 19.0. The number of aromatic nitrogens is 2. The first kappa shape index (κ1) is 20.6. The summed E-state index contributed by atoms with van der Waals surface area (Å²) >= 11 is 0. The maximum atomic E-state index is 6.12. The SMILES string of the molecule is CCC(C)(CC)c1ccc(-c2nc3cc4nc(C(C)(CC)CC)oc4cc3o2)cc1. The third-order valence-corrected chi connectivity index (χ3v) is 7.36. The van der Waals surface area contributed by atoms with Crippen molar-refractivity contribution >= 4 is 22.2 Å². The number of fused-ring (bicyclic) bond motifs is 2. The van der Waals surface area contributed by atoms with Crippen molar-refractivity contribution in [1.29, 1.82) is 0 Å². The molecule has 0 spiro atoms. The predicted octanol–water partition coefficient (Wildman–Crippen LogP) is 7.79. The second kappa shape index (κ2) is 7.57. The van der Waals surface area contributed by atoms with E-state index >= 15 is 0 Å². The monoisotopic (exact) mass is 404 g/mol. The van der Waals surface area contributed by atoms with Crippen LogP contribution in [0, 0.1) is 0 Å². The highest BCUT2D eigenvalue weighted by atomic mass is 16.4. The Bertz CT molecular complexity index is 1110. The van der Waals surface area contributed by atoms with Crippen LogP contribution in [0.3, 0.4) is 0 Å². The Morgan fingerprint density at radius 1 is 0.700 bits per heavy atom. The Labute approximate surface area is 178 Å². The lowest BCUT2D eigenvalue weighted by Crippen LogP contribution is -2.19. The average Bonchev–Trinajstić information content (AvgIpc) is 3.39. The largest absolute Gasteiger partial charge is 0.440 e. The Kier molecular flexibility index (Phi) is 5.21. The topological polar surface area (TPSA) is 52.1 Å². The zero-order chi connectivity index (χ0) is 21.5. The minimum atomic E-state index is -0.0496. The van der Waals surface area contributed by atoms with Gasteiger partial charge in [0.25, 0.3) is 0 Å². The van der Waals surface area contributed by atoms with Gasteiger partial charge < -0.3 is 8.83 Å². The van der Waals surface area contributed by atoms with E-state index in [4.69, 9.17) is 18.8 Å². The van der Waals surface area contributed by atoms with Gasteiger partial charge >= 0.3 is 0 Å². The molecule has 0 saturated carbocycles. The molecule has 2 aromatic carbocycles. The smallest absolute Gasteiger partial charge is 0.227 e. The van der Waals surface area contributed by atoms with Gasteiger partial charge in [-0.15, -0.1) is 0 Å². The molecule has 0 aliphatic carbocycles. The Balaban J connectivity index is 1.70. The van der Waals surface area contributed by atoms with E-state index in [1.54, 1.807) is 0 Å². The van der Waals surface area contributed by atoms with Crippen LogP contribution < -0.4 is 0 Å². The maximum absolute atomic E-state index is 6.12. The molecule has 2 heterocycles. The lowest BCUT2D eigenvalue weighted by atomic mass is 9.78. The second-order valence-electron chi connectivity index (χ2n) is 8.94. The molecule has 4 aromatic rings. The normalized spacial score (nSPS) is 12.9. The van der Waals surface area contributed by atoms with Crippen LogP contribution in [0.15, 0.2) is 45.2 Å². The Morgan fingerprint density at radius 2 is 1.27 bits per heavy atom. The van der Waals surface area contributed by atoms with Crippen LogP contribution in [0.5, 0.6) is 0 Å². The van der Waals surface area contributed by atoms with Crippen molar-refractivity contribution in [2.24, 2.45) is 0 Å². The first-order valence-corrected chi connectivity index (χ1v) is 11.2. The average molecular weight is 405 g/mol. The first-order valence-electron chi connectivity index (χ1n) is 11.2. The number of hydrogen-bond acceptors (Lipinski definition) is 4. The lowest BCUT2D eigenvalue weighted by Gasteiger charge is -2.27. The minimum absolute atomic E-state index is 0.0496. The van der Waals surface area contributed by atoms with E-state index < -0.39 is 0 Å². The summed E-state index contributed by atoms with van der Waals surface area (Å²) in [6.07, 6.45) is 4.21. The van der Waals surface area contributed by atoms with Crippen molar-refractivity contribution in [3.8, 4) is 11.5 Å². The molecule has 0 aliphatic rings. The molecule has 4 nitrogen and oxygen atoms in total. The summed E-state index contributed by atoms with van der Waals surface area (Å²) in [5.41, 5.74) is 5.63. The van der Waals surface area contributed by atoms with E-state index in [-0.39, 0.29) is 10.8 Å². The van der Waals surface area contributed by atoms with E-state index in [9.17, 15) is 0 Å². The molecule has 158 valence electrons. The van der Waals surface area contributed by atoms with E-state index in [1.807, 2.05) is 12.1 Å². The van der Waals surface area contributed by atoms with Crippen LogP contribution in [-0.4, -0.2) is 9.97 Å². The number of nitrogens with zero attached hydrogens (tertiary/aromatic N) is 2. The van der Waals surface area contributed by atoms with E-state index in [1.165, 1.54) is 5.56 Å². The molecular formula is C26H32N2O2. The van der Waals surface area contributed by atoms with Crippen LogP contribution in [0.25, 0.3) is 33.7 Å². The van der Waals surface area contributed by atoms with Gasteiger partial charge in [0.15, 0.2) is 11.2 Å². The fraction of sp³-hybridized carbons (Fsp3) is 0.462. The number of benzene rings is 2. The molecule has 0 amide bonds. The third-order valence-electron chi connectivity index (χ3n) is 7.36. The van der Waals surface area contributed by atoms with Crippen LogP contribution in [0.2, 0.25) is 0 Å². The van der Waals surface area contributed by atoms with Crippen molar-refractivity contribution < 1.29 is 8.83 Å². The fourth-order valence-electron chi connectivity index (χ4n) is 3.96. The highest BCUT2D eigenvalue weighted by Crippen LogP contribution is 2.36. The Morgan fingerprint density at radius 3 is 1.87 bits per heavy atom. The van der Waals surface area contributed by atoms with Gasteiger partial charge in [-0.25, -0.2) is 9.97 Å². The van der Waals surface area contributed by atoms with Gasteiger partial charge in [-0.1, -0.05) is 53.7 Å². The van der Waals surface area contributed by atoms with Crippen LogP contribution >= 0.6 is 0 Å². The standard InChI is InChI=1S/C26H32N2O2/c1-7-25(5,8-2)18-13-11-17(12-14-18)23-27-19-15-20-22(16-21(19)29-23)30-24(28-20)26(6,9-3)10-4/h11-16H,7-10H2,1-6H3. The van der Waals surface area contributed by atoms with Crippen molar-refractivity contribution in [2.45, 2.75) is 78.1 Å². The molecule has 30 heavy (non-hydrogen) atoms. The molecule has 0 aliphatic heterocycles. The van der Waals surface area contributed by atoms with Gasteiger partial charge in [-0.2, -0.15) is 0 Å². The highest BCUT2D eigenvalue weighted by Gasteiger charge is 2.29. The van der Waals surface area contributed by atoms with Crippen molar-refractivity contribution in [3.63, 3.8) is 0 Å². The summed E-state index contributed by atoms with van der Waals surface area (Å²) in [6.45, 7) is 13.4. The van der Waals surface area contributed by atoms with Crippen molar-refractivity contribution in [1.82, 2.24) is 9.97 Å². The maximum Gasteiger partial charge on any atom is 0.227 e. The van der Waals surface area contributed by atoms with E-state index in [0.717, 1.165) is 59.3 Å². The quantitative estimate of drug-likeness (QED) is 0.315. The molecule has 2 aromatic heterocycles. The molecule has 0 saturated heterocycles. The molecule has 4 heteroatoms. The van der Waals surface area contributed by atoms with Crippen molar-refractivity contribution in [3.05, 3.63) is 47.9 Å². The van der Waals surface area contributed by atoms with E-state index in [2.05, 4.69) is 65.8 Å². The third kappa shape index (κ3) is 3.32. The van der Waals surface area contributed by atoms with Crippen molar-refractivity contribution in [2.75, 3.05) is 0 Å². The molecule has 0 fully saturated rings. The predicted molar refractivity (Wildman–Crippen MR) is 123 cm³/mol. The molecule has 0 radical (unpaired) electrons. The van der Waals surface area contributed by atoms with Gasteiger partial charge in [0.2, 0.25) is 11.8 Å². The zero-order valence-electron chi connectivity index (χ0n) is 19.0. The van der Waals surface area contributed by atoms with Gasteiger partial charge in [-0.05, 0) is 54.9 Å². The summed E-state index contributed by atoms with van der Waals surface area (Å²) in [4.78, 5) is 9.50. The number of rotatable bonds is 7. The summed E-state index contributed by atoms with van der Waals surface area (Å²) in [6, 6.07) is 12.5. The molecule has 0 atom stereocenters. The second-order valence-corrected chi connectivity index (χ2v) is 8.94. The van der Waals surface area contributed by atoms with Gasteiger partial charge in [-0.3, -0.25) is 0 Å². The van der Waals surface area contributed by atoms with Gasteiger partial charge in [0.1, 0.15) is 11.0 Å². The number of hydrogen-bond donors (Lipinski definition) is 0. The summed E-state index contributed by atoms with van der Waals surface area (Å²) in [5, 5.41) is 0. The fourth-order valence-corrected chi connectivity index (χ4v) is 3.96. The summed E-state index contributed by atoms with van der Waals surface area (Å²) in [7, 11) is 0. The first-order chi connectivity index (χ1) is 14.4. The summed E-state index contributed by atoms with van der Waals surface area (Å²) < 4.78 is 12.2. The Hall–Kier alpha value is -2.62. The van der Waals surface area contributed by atoms with Gasteiger partial charge in [0.05, 0.1) is 0 Å². The molecular weight excluding hydrogens is 372 g/mol. The van der Waals surface area contributed by atoms with Crippen LogP contribution in [0.4, 0.5) is 0 Å². The molecule has 0 N–H and O–H groups in total. The molecule has 4 rings (SSSR count). The minimum Gasteiger partial charge on any atom is -0.440 e. The summed E-state index contributed by atoms with van der Waals surface area (Å²) in [5.74, 6) is 1.42. The molecule has 0 unspecified atom stereocenters. The van der Waals surface area contributed by atoms with Crippen LogP contribution in [0.1, 0.15) is 78.7 Å². The van der Waals surface area contributed by atoms with E-state index in [0.29, 0.717) is 5.89 Å². The number of oxazole rings is 2. The van der Waals surface area contributed by atoms with Gasteiger partial charge in [0, 0.05) is 17.0 Å². The lowest BCUT2D eigenvalue weighted by molar-refractivity contribution is 0.336. The molecule has 0 bridgehead atoms.